The van der Waals surface area contributed by atoms with Crippen molar-refractivity contribution in [1.82, 2.24) is 4.90 Å². The second kappa shape index (κ2) is 4.56. The lowest BCUT2D eigenvalue weighted by Crippen LogP contribution is -2.84. The van der Waals surface area contributed by atoms with Gasteiger partial charge in [0.1, 0.15) is 5.54 Å². The fourth-order valence-electron chi connectivity index (χ4n) is 12.6. The molecule has 2 atom stereocenters. The summed E-state index contributed by atoms with van der Waals surface area (Å²) >= 11 is 0. The van der Waals surface area contributed by atoms with E-state index in [0.717, 1.165) is 12.8 Å². The van der Waals surface area contributed by atoms with E-state index in [2.05, 4.69) is 60.5 Å². The molecule has 0 radical (unpaired) electrons. The lowest BCUT2D eigenvalue weighted by atomic mass is 9.52. The molecule has 15 rings (SSSR count). The first-order valence-electron chi connectivity index (χ1n) is 15.0. The molecule has 2 spiro atoms. The zero-order valence-corrected chi connectivity index (χ0v) is 21.8. The van der Waals surface area contributed by atoms with Crippen molar-refractivity contribution < 1.29 is 4.48 Å². The maximum Gasteiger partial charge on any atom is 0.180 e. The van der Waals surface area contributed by atoms with Gasteiger partial charge >= 0.3 is 0 Å². The Bertz CT molecular complexity index is 2520. The van der Waals surface area contributed by atoms with Crippen molar-refractivity contribution >= 4 is 59.9 Å². The molecule has 6 aliphatic carbocycles. The lowest BCUT2D eigenvalue weighted by Gasteiger charge is -2.71. The molecule has 0 aromatic heterocycles. The Hall–Kier alpha value is -3.72. The van der Waals surface area contributed by atoms with E-state index in [-0.39, 0.29) is 11.1 Å². The van der Waals surface area contributed by atoms with Crippen LogP contribution in [0.1, 0.15) is 38.9 Å². The van der Waals surface area contributed by atoms with E-state index in [1.54, 1.807) is 87.8 Å². The summed E-state index contributed by atoms with van der Waals surface area (Å²) in [5.74, 6) is 0. The van der Waals surface area contributed by atoms with Crippen LogP contribution < -0.4 is 0 Å². The van der Waals surface area contributed by atoms with Gasteiger partial charge in [-0.05, 0) is 94.9 Å². The Balaban J connectivity index is 1.47. The third kappa shape index (κ3) is 1.23. The molecule has 2 bridgehead atoms. The highest BCUT2D eigenvalue weighted by molar-refractivity contribution is 6.42. The van der Waals surface area contributed by atoms with Crippen LogP contribution in [0.25, 0.3) is 71.1 Å². The van der Waals surface area contributed by atoms with Crippen molar-refractivity contribution in [2.45, 2.75) is 23.9 Å². The van der Waals surface area contributed by atoms with Crippen LogP contribution in [-0.4, -0.2) is 42.6 Å². The lowest BCUT2D eigenvalue weighted by molar-refractivity contribution is -0.984. The summed E-state index contributed by atoms with van der Waals surface area (Å²) in [6.45, 7) is 4.92. The zero-order chi connectivity index (χ0) is 24.5. The number of likely N-dealkylation sites (N-methyl/N-ethyl adjacent to an activating group) is 1. The van der Waals surface area contributed by atoms with Crippen LogP contribution in [0.5, 0.6) is 0 Å². The summed E-state index contributed by atoms with van der Waals surface area (Å²) in [7, 11) is 2.66. The predicted octanol–water partition coefficient (Wildman–Crippen LogP) is 6.83. The van der Waals surface area contributed by atoms with E-state index in [9.17, 15) is 0 Å². The highest BCUT2D eigenvalue weighted by atomic mass is 15.5. The summed E-state index contributed by atoms with van der Waals surface area (Å²) in [4.78, 5) is 3.00. The molecule has 6 aromatic carbocycles. The van der Waals surface area contributed by atoms with Gasteiger partial charge in [-0.25, -0.2) is 0 Å². The van der Waals surface area contributed by atoms with Crippen LogP contribution in [-0.2, 0) is 23.9 Å². The van der Waals surface area contributed by atoms with E-state index in [1.807, 2.05) is 0 Å². The van der Waals surface area contributed by atoms with Crippen LogP contribution in [0.2, 0.25) is 0 Å². The monoisotopic (exact) mass is 495 g/mol. The van der Waals surface area contributed by atoms with E-state index in [4.69, 9.17) is 0 Å². The van der Waals surface area contributed by atoms with Gasteiger partial charge in [0, 0.05) is 40.6 Å². The maximum atomic E-state index is 3.00. The van der Waals surface area contributed by atoms with Crippen LogP contribution in [0.15, 0.2) is 48.0 Å². The van der Waals surface area contributed by atoms with Crippen molar-refractivity contribution in [3.05, 3.63) is 87.0 Å². The molecule has 3 heterocycles. The first kappa shape index (κ1) is 17.8. The van der Waals surface area contributed by atoms with E-state index < -0.39 is 0 Å². The van der Waals surface area contributed by atoms with Gasteiger partial charge in [-0.15, -0.1) is 0 Å². The number of hydrogen-bond donors (Lipinski definition) is 0. The molecule has 3 saturated heterocycles. The number of benzene rings is 6. The number of nitrogens with zero attached hydrogens (tertiary/aromatic N) is 2. The first-order valence-corrected chi connectivity index (χ1v) is 15.0. The van der Waals surface area contributed by atoms with Gasteiger partial charge in [-0.2, -0.15) is 0 Å². The molecular weight excluding hydrogens is 472 g/mol. The van der Waals surface area contributed by atoms with Crippen LogP contribution >= 0.6 is 0 Å². The number of fused-ring (bicyclic) bond motifs is 2. The van der Waals surface area contributed by atoms with Gasteiger partial charge in [0.15, 0.2) is 5.54 Å². The summed E-state index contributed by atoms with van der Waals surface area (Å²) in [5, 5.41) is 15.7. The van der Waals surface area contributed by atoms with Gasteiger partial charge in [-0.3, -0.25) is 4.90 Å². The highest BCUT2D eigenvalue weighted by Gasteiger charge is 2.81. The smallest absolute Gasteiger partial charge is 0.180 e. The number of quaternary nitrogens is 1. The molecule has 6 aromatic rings. The molecule has 0 amide bonds. The standard InChI is InChI=1S/C37H23N2/c1-39-8-6-38(7-9-39)36-23-14-19-5-4-18-11-21-13-20-10-16-2-3-17-12-22(15-23)33(36)31-25(17)24(16)29-26(20)27(21)30-28(18)34(19)37(36,39)35(30)32(29)31/h2-5,10-12,14H,6-9,13,15H2,1H3/q+1. The van der Waals surface area contributed by atoms with Gasteiger partial charge < -0.3 is 4.48 Å². The number of hydrogen-bond acceptors (Lipinski definition) is 1. The molecule has 9 aliphatic rings. The highest BCUT2D eigenvalue weighted by Crippen LogP contribution is 2.79. The minimum atomic E-state index is -0.0359. The topological polar surface area (TPSA) is 3.24 Å². The van der Waals surface area contributed by atoms with Crippen LogP contribution in [0.4, 0.5) is 0 Å². The molecular formula is C37H23N2+. The quantitative estimate of drug-likeness (QED) is 0.165. The molecule has 2 unspecified atom stereocenters. The number of piperazine rings is 3. The molecule has 2 heteroatoms. The molecule has 0 saturated carbocycles. The fourth-order valence-corrected chi connectivity index (χ4v) is 12.6. The van der Waals surface area contributed by atoms with Crippen molar-refractivity contribution in [2.24, 2.45) is 0 Å². The van der Waals surface area contributed by atoms with Crippen LogP contribution in [0, 0.1) is 0 Å². The Morgan fingerprint density at radius 1 is 0.641 bits per heavy atom. The third-order valence-corrected chi connectivity index (χ3v) is 13.4. The second-order valence-corrected chi connectivity index (χ2v) is 14.3. The Morgan fingerprint density at radius 3 is 2.18 bits per heavy atom. The Labute approximate surface area is 224 Å². The summed E-state index contributed by atoms with van der Waals surface area (Å²) in [5.41, 5.74) is 16.4. The second-order valence-electron chi connectivity index (χ2n) is 14.3. The van der Waals surface area contributed by atoms with Gasteiger partial charge in [0.2, 0.25) is 0 Å². The normalized spacial score (nSPS) is 32.8. The van der Waals surface area contributed by atoms with Crippen molar-refractivity contribution in [1.29, 1.82) is 0 Å². The van der Waals surface area contributed by atoms with E-state index in [0.29, 0.717) is 0 Å². The van der Waals surface area contributed by atoms with E-state index >= 15 is 0 Å². The van der Waals surface area contributed by atoms with Gasteiger partial charge in [0.05, 0.1) is 20.1 Å². The van der Waals surface area contributed by atoms with Crippen molar-refractivity contribution in [2.75, 3.05) is 33.2 Å². The average molecular weight is 496 g/mol. The predicted molar refractivity (Wildman–Crippen MR) is 157 cm³/mol. The molecule has 0 N–H and O–H groups in total. The van der Waals surface area contributed by atoms with Crippen molar-refractivity contribution in [3.8, 4) is 11.1 Å². The Morgan fingerprint density at radius 2 is 1.33 bits per heavy atom. The Kier molecular flexibility index (Phi) is 2.08. The summed E-state index contributed by atoms with van der Waals surface area (Å²) < 4.78 is 1.17. The zero-order valence-electron chi connectivity index (χ0n) is 21.8. The van der Waals surface area contributed by atoms with Gasteiger partial charge in [-0.1, -0.05) is 48.5 Å². The molecule has 39 heavy (non-hydrogen) atoms. The SMILES string of the molecule is C[N+]12CCN(CC1)C13C4=Cc5ccc6cc7c8c9c(c%10c%11c8c(cc8ccc%12cc(c1c-%10c%12c8%11)C4)C7)C32c5c69. The largest absolute Gasteiger partial charge is 0.309 e. The van der Waals surface area contributed by atoms with Gasteiger partial charge in [0.25, 0.3) is 0 Å². The summed E-state index contributed by atoms with van der Waals surface area (Å²) in [6.07, 6.45) is 4.87. The van der Waals surface area contributed by atoms with E-state index in [1.165, 1.54) is 52.4 Å². The molecule has 3 fully saturated rings. The van der Waals surface area contributed by atoms with Crippen LogP contribution in [0.3, 0.4) is 0 Å². The third-order valence-electron chi connectivity index (χ3n) is 13.4. The minimum Gasteiger partial charge on any atom is -0.309 e. The molecule has 3 aliphatic heterocycles. The fraction of sp³-hybridized carbons (Fsp3) is 0.243. The minimum absolute atomic E-state index is 0.0354. The van der Waals surface area contributed by atoms with Crippen molar-refractivity contribution in [3.63, 3.8) is 0 Å². The molecule has 2 nitrogen and oxygen atoms in total. The average Bonchev–Trinajstić information content (AvgIpc) is 3.66. The molecule has 180 valence electrons. The number of rotatable bonds is 0. The maximum absolute atomic E-state index is 3.00. The summed E-state index contributed by atoms with van der Waals surface area (Å²) in [6, 6.07) is 17.6. The first-order chi connectivity index (χ1) is 19.2.